The van der Waals surface area contributed by atoms with E-state index in [-0.39, 0.29) is 11.7 Å². The lowest BCUT2D eigenvalue weighted by atomic mass is 10.0. The smallest absolute Gasteiger partial charge is 0.234 e. The number of ether oxygens (including phenoxy) is 1. The summed E-state index contributed by atoms with van der Waals surface area (Å²) >= 11 is 1.30. The highest BCUT2D eigenvalue weighted by atomic mass is 32.2. The van der Waals surface area contributed by atoms with Crippen molar-refractivity contribution in [3.05, 3.63) is 54.1 Å². The van der Waals surface area contributed by atoms with Crippen LogP contribution in [0.4, 0.5) is 11.4 Å². The number of thioether (sulfide) groups is 1. The number of rotatable bonds is 7. The van der Waals surface area contributed by atoms with E-state index in [2.05, 4.69) is 51.7 Å². The maximum Gasteiger partial charge on any atom is 0.234 e. The molecule has 162 valence electrons. The maximum atomic E-state index is 12.4. The van der Waals surface area contributed by atoms with E-state index in [0.717, 1.165) is 43.4 Å². The number of carbonyl (C=O) groups excluding carboxylic acids is 1. The molecule has 8 nitrogen and oxygen atoms in total. The zero-order chi connectivity index (χ0) is 21.6. The fraction of sp³-hybridized carbons (Fsp3) is 0.364. The first-order chi connectivity index (χ1) is 15.1. The van der Waals surface area contributed by atoms with E-state index in [1.807, 2.05) is 36.4 Å². The van der Waals surface area contributed by atoms with Crippen molar-refractivity contribution in [1.82, 2.24) is 20.2 Å². The molecule has 0 atom stereocenters. The third-order valence-electron chi connectivity index (χ3n) is 5.10. The molecule has 2 aromatic carbocycles. The second-order valence-corrected chi connectivity index (χ2v) is 8.55. The van der Waals surface area contributed by atoms with Crippen LogP contribution in [0.1, 0.15) is 25.3 Å². The van der Waals surface area contributed by atoms with E-state index >= 15 is 0 Å². The number of morpholine rings is 1. The second-order valence-electron chi connectivity index (χ2n) is 7.60. The topological polar surface area (TPSA) is 85.2 Å². The van der Waals surface area contributed by atoms with Crippen LogP contribution in [0, 0.1) is 0 Å². The Bertz CT molecular complexity index is 998. The Morgan fingerprint density at radius 2 is 1.74 bits per heavy atom. The van der Waals surface area contributed by atoms with Crippen LogP contribution >= 0.6 is 11.8 Å². The minimum Gasteiger partial charge on any atom is -0.378 e. The van der Waals surface area contributed by atoms with Crippen LogP contribution < -0.4 is 10.2 Å². The standard InChI is InChI=1S/C22H26N6O2S/c1-16(2)17-3-7-20(8-4-17)28-22(24-25-26-28)31-15-21(29)23-18-5-9-19(10-6-18)27-11-13-30-14-12-27/h3-10,16H,11-15H2,1-2H3,(H,23,29). The van der Waals surface area contributed by atoms with Crippen molar-refractivity contribution in [1.29, 1.82) is 0 Å². The van der Waals surface area contributed by atoms with Gasteiger partial charge in [-0.2, -0.15) is 4.68 Å². The zero-order valence-electron chi connectivity index (χ0n) is 17.7. The molecular formula is C22H26N6O2S. The molecule has 2 heterocycles. The van der Waals surface area contributed by atoms with Crippen LogP contribution in [0.15, 0.2) is 53.7 Å². The van der Waals surface area contributed by atoms with Gasteiger partial charge in [0.25, 0.3) is 0 Å². The third-order valence-corrected chi connectivity index (χ3v) is 6.02. The number of aromatic nitrogens is 4. The van der Waals surface area contributed by atoms with Gasteiger partial charge in [0.2, 0.25) is 11.1 Å². The Labute approximate surface area is 186 Å². The lowest BCUT2D eigenvalue weighted by Gasteiger charge is -2.28. The molecule has 1 saturated heterocycles. The number of benzene rings is 2. The zero-order valence-corrected chi connectivity index (χ0v) is 18.5. The van der Waals surface area contributed by atoms with E-state index in [1.54, 1.807) is 4.68 Å². The number of hydrogen-bond donors (Lipinski definition) is 1. The molecule has 0 bridgehead atoms. The number of tetrazole rings is 1. The van der Waals surface area contributed by atoms with E-state index in [9.17, 15) is 4.79 Å². The Morgan fingerprint density at radius 3 is 2.42 bits per heavy atom. The fourth-order valence-electron chi connectivity index (χ4n) is 3.34. The molecule has 3 aromatic rings. The number of nitrogens with one attached hydrogen (secondary N) is 1. The molecule has 1 amide bonds. The summed E-state index contributed by atoms with van der Waals surface area (Å²) in [5.74, 6) is 0.576. The van der Waals surface area contributed by atoms with Crippen LogP contribution in [-0.4, -0.2) is 58.2 Å². The molecule has 4 rings (SSSR count). The molecule has 1 fully saturated rings. The first-order valence-electron chi connectivity index (χ1n) is 10.3. The summed E-state index contributed by atoms with van der Waals surface area (Å²) in [6.45, 7) is 7.58. The van der Waals surface area contributed by atoms with Gasteiger partial charge in [0.1, 0.15) is 0 Å². The van der Waals surface area contributed by atoms with Crippen LogP contribution in [0.25, 0.3) is 5.69 Å². The largest absolute Gasteiger partial charge is 0.378 e. The Morgan fingerprint density at radius 1 is 1.06 bits per heavy atom. The average molecular weight is 439 g/mol. The van der Waals surface area contributed by atoms with Gasteiger partial charge in [-0.15, -0.1) is 5.10 Å². The number of carbonyl (C=O) groups is 1. The Balaban J connectivity index is 1.33. The summed E-state index contributed by atoms with van der Waals surface area (Å²) in [7, 11) is 0. The third kappa shape index (κ3) is 5.42. The molecule has 1 aromatic heterocycles. The van der Waals surface area contributed by atoms with Crippen molar-refractivity contribution in [3.8, 4) is 5.69 Å². The van der Waals surface area contributed by atoms with Gasteiger partial charge in [-0.1, -0.05) is 37.7 Å². The first-order valence-corrected chi connectivity index (χ1v) is 11.3. The van der Waals surface area contributed by atoms with Gasteiger partial charge in [0.15, 0.2) is 0 Å². The van der Waals surface area contributed by atoms with Gasteiger partial charge in [-0.25, -0.2) is 0 Å². The van der Waals surface area contributed by atoms with Crippen molar-refractivity contribution in [2.24, 2.45) is 0 Å². The van der Waals surface area contributed by atoms with Crippen molar-refractivity contribution < 1.29 is 9.53 Å². The van der Waals surface area contributed by atoms with E-state index in [4.69, 9.17) is 4.74 Å². The van der Waals surface area contributed by atoms with Crippen LogP contribution in [0.3, 0.4) is 0 Å². The predicted molar refractivity (Wildman–Crippen MR) is 122 cm³/mol. The lowest BCUT2D eigenvalue weighted by Crippen LogP contribution is -2.36. The van der Waals surface area contributed by atoms with E-state index < -0.39 is 0 Å². The highest BCUT2D eigenvalue weighted by Crippen LogP contribution is 2.22. The minimum atomic E-state index is -0.103. The molecule has 1 aliphatic heterocycles. The Hall–Kier alpha value is -2.91. The summed E-state index contributed by atoms with van der Waals surface area (Å²) in [5.41, 5.74) is 4.03. The number of anilines is 2. The van der Waals surface area contributed by atoms with Gasteiger partial charge in [0.05, 0.1) is 24.7 Å². The Kier molecular flexibility index (Phi) is 6.83. The lowest BCUT2D eigenvalue weighted by molar-refractivity contribution is -0.113. The molecule has 9 heteroatoms. The monoisotopic (exact) mass is 438 g/mol. The van der Waals surface area contributed by atoms with Crippen molar-refractivity contribution in [3.63, 3.8) is 0 Å². The highest BCUT2D eigenvalue weighted by molar-refractivity contribution is 7.99. The average Bonchev–Trinajstić information content (AvgIpc) is 3.27. The maximum absolute atomic E-state index is 12.4. The van der Waals surface area contributed by atoms with Gasteiger partial charge in [-0.3, -0.25) is 4.79 Å². The highest BCUT2D eigenvalue weighted by Gasteiger charge is 2.13. The molecule has 1 N–H and O–H groups in total. The molecule has 0 unspecified atom stereocenters. The van der Waals surface area contributed by atoms with Gasteiger partial charge >= 0.3 is 0 Å². The fourth-order valence-corrected chi connectivity index (χ4v) is 4.03. The summed E-state index contributed by atoms with van der Waals surface area (Å²) in [6.07, 6.45) is 0. The van der Waals surface area contributed by atoms with Crippen molar-refractivity contribution >= 4 is 29.0 Å². The van der Waals surface area contributed by atoms with Crippen LogP contribution in [0.2, 0.25) is 0 Å². The van der Waals surface area contributed by atoms with E-state index in [1.165, 1.54) is 17.3 Å². The number of amides is 1. The molecule has 0 aliphatic carbocycles. The van der Waals surface area contributed by atoms with E-state index in [0.29, 0.717) is 11.1 Å². The minimum absolute atomic E-state index is 0.103. The molecule has 0 spiro atoms. The number of nitrogens with zero attached hydrogens (tertiary/aromatic N) is 5. The van der Waals surface area contributed by atoms with Crippen LogP contribution in [0.5, 0.6) is 0 Å². The second kappa shape index (κ2) is 9.93. The first kappa shape index (κ1) is 21.3. The van der Waals surface area contributed by atoms with Gasteiger partial charge < -0.3 is 15.0 Å². The SMILES string of the molecule is CC(C)c1ccc(-n2nnnc2SCC(=O)Nc2ccc(N3CCOCC3)cc2)cc1. The summed E-state index contributed by atoms with van der Waals surface area (Å²) in [4.78, 5) is 14.7. The summed E-state index contributed by atoms with van der Waals surface area (Å²) < 4.78 is 7.04. The molecular weight excluding hydrogens is 412 g/mol. The number of hydrogen-bond acceptors (Lipinski definition) is 7. The molecule has 1 aliphatic rings. The van der Waals surface area contributed by atoms with Crippen molar-refractivity contribution in [2.75, 3.05) is 42.3 Å². The molecule has 31 heavy (non-hydrogen) atoms. The van der Waals surface area contributed by atoms with Crippen LogP contribution in [-0.2, 0) is 9.53 Å². The predicted octanol–water partition coefficient (Wildman–Crippen LogP) is 3.35. The quantitative estimate of drug-likeness (QED) is 0.566. The van der Waals surface area contributed by atoms with Gasteiger partial charge in [-0.05, 0) is 58.3 Å². The summed E-state index contributed by atoms with van der Waals surface area (Å²) in [6, 6.07) is 16.0. The summed E-state index contributed by atoms with van der Waals surface area (Å²) in [5, 5.41) is 15.4. The van der Waals surface area contributed by atoms with Crippen molar-refractivity contribution in [2.45, 2.75) is 24.9 Å². The normalized spacial score (nSPS) is 14.1. The van der Waals surface area contributed by atoms with Gasteiger partial charge in [0, 0.05) is 24.5 Å². The molecule has 0 saturated carbocycles. The molecule has 0 radical (unpaired) electrons.